The maximum atomic E-state index is 12.3. The molecule has 0 saturated carbocycles. The number of rotatable bonds is 5. The van der Waals surface area contributed by atoms with Gasteiger partial charge in [0.25, 0.3) is 5.56 Å². The Hall–Kier alpha value is -2.65. The smallest absolute Gasteiger partial charge is 0.274 e. The molecule has 1 N–H and O–H groups in total. The minimum atomic E-state index is -0.272. The van der Waals surface area contributed by atoms with E-state index in [0.29, 0.717) is 33.2 Å². The summed E-state index contributed by atoms with van der Waals surface area (Å²) in [6.07, 6.45) is 0.0355. The predicted octanol–water partition coefficient (Wildman–Crippen LogP) is 1.11. The Labute approximate surface area is 141 Å². The summed E-state index contributed by atoms with van der Waals surface area (Å²) in [4.78, 5) is 24.4. The van der Waals surface area contributed by atoms with Crippen LogP contribution in [-0.2, 0) is 29.6 Å². The van der Waals surface area contributed by atoms with Crippen molar-refractivity contribution in [3.05, 3.63) is 45.3 Å². The van der Waals surface area contributed by atoms with Crippen molar-refractivity contribution in [2.24, 2.45) is 7.05 Å². The second kappa shape index (κ2) is 6.85. The molecule has 1 aromatic carbocycles. The third kappa shape index (κ3) is 3.31. The number of fused-ring (bicyclic) bond motifs is 1. The standard InChI is InChI=1S/C15H15N5O3S/c1-20-14(22)10-6-4-3-5-9(10)11(19-20)7-12(21)16-15-18-17-13(24-15)8-23-2/h3-6H,7-8H2,1-2H3,(H,16,18,21). The van der Waals surface area contributed by atoms with Crippen molar-refractivity contribution < 1.29 is 9.53 Å². The van der Waals surface area contributed by atoms with Gasteiger partial charge < -0.3 is 10.1 Å². The molecule has 9 heteroatoms. The van der Waals surface area contributed by atoms with Crippen LogP contribution in [0.5, 0.6) is 0 Å². The molecule has 0 atom stereocenters. The highest BCUT2D eigenvalue weighted by molar-refractivity contribution is 7.15. The van der Waals surface area contributed by atoms with E-state index in [9.17, 15) is 9.59 Å². The predicted molar refractivity (Wildman–Crippen MR) is 89.9 cm³/mol. The zero-order valence-corrected chi connectivity index (χ0v) is 14.0. The van der Waals surface area contributed by atoms with Gasteiger partial charge in [-0.05, 0) is 6.07 Å². The summed E-state index contributed by atoms with van der Waals surface area (Å²) in [6, 6.07) is 7.11. The molecule has 3 rings (SSSR count). The molecule has 0 radical (unpaired) electrons. The quantitative estimate of drug-likeness (QED) is 0.744. The van der Waals surface area contributed by atoms with Gasteiger partial charge >= 0.3 is 0 Å². The normalized spacial score (nSPS) is 10.9. The second-order valence-corrected chi connectivity index (χ2v) is 6.14. The highest BCUT2D eigenvalue weighted by atomic mass is 32.1. The number of nitrogens with zero attached hydrogens (tertiary/aromatic N) is 4. The summed E-state index contributed by atoms with van der Waals surface area (Å²) >= 11 is 1.25. The molecule has 0 saturated heterocycles. The number of carbonyl (C=O) groups is 1. The first-order valence-corrected chi connectivity index (χ1v) is 7.96. The largest absolute Gasteiger partial charge is 0.377 e. The zero-order chi connectivity index (χ0) is 17.1. The van der Waals surface area contributed by atoms with Crippen LogP contribution in [0.4, 0.5) is 5.13 Å². The molecule has 0 aliphatic carbocycles. The van der Waals surface area contributed by atoms with Crippen LogP contribution in [0.3, 0.4) is 0 Å². The number of methoxy groups -OCH3 is 1. The van der Waals surface area contributed by atoms with E-state index in [-0.39, 0.29) is 17.9 Å². The van der Waals surface area contributed by atoms with Crippen molar-refractivity contribution >= 4 is 33.1 Å². The van der Waals surface area contributed by atoms with Crippen LogP contribution in [0, 0.1) is 0 Å². The molecule has 8 nitrogen and oxygen atoms in total. The molecule has 0 aliphatic heterocycles. The Morgan fingerprint density at radius 3 is 2.79 bits per heavy atom. The van der Waals surface area contributed by atoms with Crippen molar-refractivity contribution in [1.82, 2.24) is 20.0 Å². The second-order valence-electron chi connectivity index (χ2n) is 5.08. The number of hydrogen-bond donors (Lipinski definition) is 1. The molecule has 1 amide bonds. The number of amides is 1. The van der Waals surface area contributed by atoms with Crippen molar-refractivity contribution in [2.75, 3.05) is 12.4 Å². The minimum Gasteiger partial charge on any atom is -0.377 e. The van der Waals surface area contributed by atoms with E-state index in [4.69, 9.17) is 4.74 Å². The molecule has 2 heterocycles. The van der Waals surface area contributed by atoms with Gasteiger partial charge in [0.1, 0.15) is 11.6 Å². The Morgan fingerprint density at radius 1 is 1.29 bits per heavy atom. The van der Waals surface area contributed by atoms with E-state index in [0.717, 1.165) is 0 Å². The van der Waals surface area contributed by atoms with Gasteiger partial charge in [0.15, 0.2) is 0 Å². The number of carbonyl (C=O) groups excluding carboxylic acids is 1. The van der Waals surface area contributed by atoms with Gasteiger partial charge in [-0.2, -0.15) is 5.10 Å². The number of nitrogens with one attached hydrogen (secondary N) is 1. The molecule has 0 unspecified atom stereocenters. The first kappa shape index (κ1) is 16.2. The van der Waals surface area contributed by atoms with Gasteiger partial charge in [-0.3, -0.25) is 9.59 Å². The van der Waals surface area contributed by atoms with Crippen molar-refractivity contribution in [3.63, 3.8) is 0 Å². The van der Waals surface area contributed by atoms with Crippen LogP contribution in [0.2, 0.25) is 0 Å². The average Bonchev–Trinajstić information content (AvgIpc) is 3.00. The molecule has 24 heavy (non-hydrogen) atoms. The third-order valence-electron chi connectivity index (χ3n) is 3.34. The van der Waals surface area contributed by atoms with Crippen LogP contribution in [0.25, 0.3) is 10.8 Å². The van der Waals surface area contributed by atoms with E-state index in [1.807, 2.05) is 6.07 Å². The van der Waals surface area contributed by atoms with Gasteiger partial charge in [-0.25, -0.2) is 4.68 Å². The Balaban J connectivity index is 1.82. The number of aromatic nitrogens is 4. The fourth-order valence-electron chi connectivity index (χ4n) is 2.31. The van der Waals surface area contributed by atoms with Gasteiger partial charge in [0, 0.05) is 19.5 Å². The Kier molecular flexibility index (Phi) is 4.63. The highest BCUT2D eigenvalue weighted by Crippen LogP contribution is 2.17. The maximum Gasteiger partial charge on any atom is 0.274 e. The molecular formula is C15H15N5O3S. The third-order valence-corrected chi connectivity index (χ3v) is 4.15. The minimum absolute atomic E-state index is 0.0355. The van der Waals surface area contributed by atoms with Gasteiger partial charge in [-0.1, -0.05) is 29.5 Å². The van der Waals surface area contributed by atoms with E-state index >= 15 is 0 Å². The zero-order valence-electron chi connectivity index (χ0n) is 13.1. The monoisotopic (exact) mass is 345 g/mol. The lowest BCUT2D eigenvalue weighted by Crippen LogP contribution is -2.24. The van der Waals surface area contributed by atoms with Crippen LogP contribution in [0.15, 0.2) is 29.1 Å². The molecule has 0 spiro atoms. The van der Waals surface area contributed by atoms with E-state index in [1.165, 1.54) is 16.0 Å². The molecule has 2 aromatic heterocycles. The Bertz CT molecular complexity index is 950. The van der Waals surface area contributed by atoms with Crippen molar-refractivity contribution in [3.8, 4) is 0 Å². The fourth-order valence-corrected chi connectivity index (χ4v) is 3.04. The Morgan fingerprint density at radius 2 is 2.04 bits per heavy atom. The number of anilines is 1. The van der Waals surface area contributed by atoms with Crippen molar-refractivity contribution in [2.45, 2.75) is 13.0 Å². The van der Waals surface area contributed by atoms with Gasteiger partial charge in [0.05, 0.1) is 17.5 Å². The summed E-state index contributed by atoms with van der Waals surface area (Å²) in [7, 11) is 3.13. The number of benzene rings is 1. The summed E-state index contributed by atoms with van der Waals surface area (Å²) in [5, 5.41) is 17.0. The molecule has 0 bridgehead atoms. The van der Waals surface area contributed by atoms with Crippen LogP contribution in [0.1, 0.15) is 10.7 Å². The topological polar surface area (TPSA) is 99.0 Å². The highest BCUT2D eigenvalue weighted by Gasteiger charge is 2.14. The lowest BCUT2D eigenvalue weighted by atomic mass is 10.1. The lowest BCUT2D eigenvalue weighted by Gasteiger charge is -2.07. The average molecular weight is 345 g/mol. The van der Waals surface area contributed by atoms with E-state index < -0.39 is 0 Å². The van der Waals surface area contributed by atoms with Crippen LogP contribution in [-0.4, -0.2) is 33.0 Å². The number of hydrogen-bond acceptors (Lipinski definition) is 7. The van der Waals surface area contributed by atoms with E-state index in [1.54, 1.807) is 32.4 Å². The van der Waals surface area contributed by atoms with Gasteiger partial charge in [0.2, 0.25) is 11.0 Å². The van der Waals surface area contributed by atoms with Crippen molar-refractivity contribution in [1.29, 1.82) is 0 Å². The summed E-state index contributed by atoms with van der Waals surface area (Å²) in [5.41, 5.74) is 0.343. The van der Waals surface area contributed by atoms with Gasteiger partial charge in [-0.15, -0.1) is 10.2 Å². The van der Waals surface area contributed by atoms with Crippen LogP contribution >= 0.6 is 11.3 Å². The summed E-state index contributed by atoms with van der Waals surface area (Å²) < 4.78 is 6.21. The number of aryl methyl sites for hydroxylation is 1. The fraction of sp³-hybridized carbons (Fsp3) is 0.267. The first-order valence-electron chi connectivity index (χ1n) is 7.14. The summed E-state index contributed by atoms with van der Waals surface area (Å²) in [6.45, 7) is 0.348. The van der Waals surface area contributed by atoms with E-state index in [2.05, 4.69) is 20.6 Å². The SMILES string of the molecule is COCc1nnc(NC(=O)Cc2nn(C)c(=O)c3ccccc23)s1. The molecule has 0 aliphatic rings. The maximum absolute atomic E-state index is 12.3. The molecular weight excluding hydrogens is 330 g/mol. The summed E-state index contributed by atoms with van der Waals surface area (Å²) in [5.74, 6) is -0.272. The van der Waals surface area contributed by atoms with Crippen LogP contribution < -0.4 is 10.9 Å². The first-order chi connectivity index (χ1) is 11.6. The molecule has 0 fully saturated rings. The molecule has 3 aromatic rings. The lowest BCUT2D eigenvalue weighted by molar-refractivity contribution is -0.115. The number of ether oxygens (including phenoxy) is 1. The molecule has 124 valence electrons.